The molecule has 0 bridgehead atoms. The lowest BCUT2D eigenvalue weighted by Crippen LogP contribution is -2.39. The van der Waals surface area contributed by atoms with E-state index in [1.807, 2.05) is 6.07 Å². The molecule has 1 aromatic rings. The van der Waals surface area contributed by atoms with E-state index in [1.54, 1.807) is 0 Å². The van der Waals surface area contributed by atoms with Crippen LogP contribution in [0.3, 0.4) is 0 Å². The van der Waals surface area contributed by atoms with Gasteiger partial charge in [-0.25, -0.2) is 0 Å². The summed E-state index contributed by atoms with van der Waals surface area (Å²) in [5, 5.41) is 0. The first-order valence-corrected chi connectivity index (χ1v) is 7.47. The average Bonchev–Trinajstić information content (AvgIpc) is 3.16. The molecule has 2 aliphatic rings. The SMILES string of the molecule is C[C@@H]1CC[C@@H]([C@@]2(C)CO2)[C@H](OCc2ccccc2)C1. The van der Waals surface area contributed by atoms with Crippen LogP contribution in [0.1, 0.15) is 38.7 Å². The van der Waals surface area contributed by atoms with Crippen LogP contribution in [0.2, 0.25) is 0 Å². The van der Waals surface area contributed by atoms with E-state index in [9.17, 15) is 0 Å². The summed E-state index contributed by atoms with van der Waals surface area (Å²) in [5.41, 5.74) is 1.36. The molecule has 1 heterocycles. The highest BCUT2D eigenvalue weighted by molar-refractivity contribution is 5.13. The van der Waals surface area contributed by atoms with Crippen LogP contribution in [0.5, 0.6) is 0 Å². The van der Waals surface area contributed by atoms with Crippen molar-refractivity contribution in [1.82, 2.24) is 0 Å². The van der Waals surface area contributed by atoms with E-state index in [1.165, 1.54) is 24.8 Å². The van der Waals surface area contributed by atoms with Crippen LogP contribution in [0, 0.1) is 11.8 Å². The quantitative estimate of drug-likeness (QED) is 0.768. The third kappa shape index (κ3) is 3.01. The molecule has 2 nitrogen and oxygen atoms in total. The lowest BCUT2D eigenvalue weighted by Gasteiger charge is -2.37. The number of hydrogen-bond acceptors (Lipinski definition) is 2. The van der Waals surface area contributed by atoms with Gasteiger partial charge in [-0.3, -0.25) is 0 Å². The molecule has 2 heteroatoms. The van der Waals surface area contributed by atoms with E-state index in [2.05, 4.69) is 38.1 Å². The molecule has 0 amide bonds. The Morgan fingerprint density at radius 2 is 2.00 bits per heavy atom. The summed E-state index contributed by atoms with van der Waals surface area (Å²) in [6, 6.07) is 10.5. The molecule has 0 radical (unpaired) electrons. The van der Waals surface area contributed by atoms with E-state index in [0.29, 0.717) is 12.0 Å². The minimum absolute atomic E-state index is 0.0987. The van der Waals surface area contributed by atoms with Crippen LogP contribution in [-0.2, 0) is 16.1 Å². The number of hydrogen-bond donors (Lipinski definition) is 0. The van der Waals surface area contributed by atoms with Gasteiger partial charge in [-0.05, 0) is 31.2 Å². The first-order valence-electron chi connectivity index (χ1n) is 7.47. The highest BCUT2D eigenvalue weighted by atomic mass is 16.6. The van der Waals surface area contributed by atoms with Gasteiger partial charge in [0.15, 0.2) is 0 Å². The molecule has 1 aliphatic carbocycles. The zero-order chi connectivity index (χ0) is 13.3. The minimum atomic E-state index is 0.0987. The van der Waals surface area contributed by atoms with E-state index >= 15 is 0 Å². The molecule has 0 N–H and O–H groups in total. The summed E-state index contributed by atoms with van der Waals surface area (Å²) >= 11 is 0. The second-order valence-corrected chi connectivity index (χ2v) is 6.46. The van der Waals surface area contributed by atoms with Crippen LogP contribution in [0.4, 0.5) is 0 Å². The van der Waals surface area contributed by atoms with Gasteiger partial charge in [-0.2, -0.15) is 0 Å². The molecule has 0 spiro atoms. The summed E-state index contributed by atoms with van der Waals surface area (Å²) in [7, 11) is 0. The molecule has 1 aliphatic heterocycles. The maximum absolute atomic E-state index is 6.24. The van der Waals surface area contributed by atoms with Crippen molar-refractivity contribution in [2.45, 2.75) is 51.4 Å². The zero-order valence-corrected chi connectivity index (χ0v) is 12.0. The van der Waals surface area contributed by atoms with Crippen molar-refractivity contribution in [3.63, 3.8) is 0 Å². The molecule has 1 aromatic carbocycles. The van der Waals surface area contributed by atoms with Gasteiger partial charge in [0, 0.05) is 5.92 Å². The van der Waals surface area contributed by atoms with E-state index in [-0.39, 0.29) is 5.60 Å². The van der Waals surface area contributed by atoms with E-state index in [4.69, 9.17) is 9.47 Å². The summed E-state index contributed by atoms with van der Waals surface area (Å²) in [6.45, 7) is 6.22. The highest BCUT2D eigenvalue weighted by Crippen LogP contribution is 2.45. The Hall–Kier alpha value is -0.860. The molecular formula is C17H24O2. The summed E-state index contributed by atoms with van der Waals surface area (Å²) < 4.78 is 11.9. The lowest BCUT2D eigenvalue weighted by atomic mass is 9.75. The van der Waals surface area contributed by atoms with Crippen LogP contribution in [0.15, 0.2) is 30.3 Å². The Morgan fingerprint density at radius 1 is 1.26 bits per heavy atom. The fraction of sp³-hybridized carbons (Fsp3) is 0.647. The Kier molecular flexibility index (Phi) is 3.64. The van der Waals surface area contributed by atoms with Crippen molar-refractivity contribution in [2.24, 2.45) is 11.8 Å². The van der Waals surface area contributed by atoms with E-state index < -0.39 is 0 Å². The van der Waals surface area contributed by atoms with Gasteiger partial charge in [0.25, 0.3) is 0 Å². The molecule has 1 saturated heterocycles. The molecule has 3 rings (SSSR count). The van der Waals surface area contributed by atoms with Crippen molar-refractivity contribution >= 4 is 0 Å². The predicted octanol–water partition coefficient (Wildman–Crippen LogP) is 3.80. The molecular weight excluding hydrogens is 236 g/mol. The molecule has 4 atom stereocenters. The van der Waals surface area contributed by atoms with Gasteiger partial charge in [-0.1, -0.05) is 43.7 Å². The fourth-order valence-electron chi connectivity index (χ4n) is 3.32. The Labute approximate surface area is 116 Å². The van der Waals surface area contributed by atoms with Crippen molar-refractivity contribution in [3.05, 3.63) is 35.9 Å². The molecule has 19 heavy (non-hydrogen) atoms. The molecule has 2 fully saturated rings. The zero-order valence-electron chi connectivity index (χ0n) is 12.0. The second-order valence-electron chi connectivity index (χ2n) is 6.46. The molecule has 104 valence electrons. The number of epoxide rings is 1. The van der Waals surface area contributed by atoms with E-state index in [0.717, 1.165) is 19.1 Å². The fourth-order valence-corrected chi connectivity index (χ4v) is 3.32. The largest absolute Gasteiger partial charge is 0.373 e. The van der Waals surface area contributed by atoms with Crippen molar-refractivity contribution in [1.29, 1.82) is 0 Å². The maximum Gasteiger partial charge on any atom is 0.0941 e. The summed E-state index contributed by atoms with van der Waals surface area (Å²) in [4.78, 5) is 0. The van der Waals surface area contributed by atoms with Gasteiger partial charge in [-0.15, -0.1) is 0 Å². The summed E-state index contributed by atoms with van der Waals surface area (Å²) in [6.07, 6.45) is 4.10. The monoisotopic (exact) mass is 260 g/mol. The number of ether oxygens (including phenoxy) is 2. The van der Waals surface area contributed by atoms with Crippen LogP contribution in [-0.4, -0.2) is 18.3 Å². The van der Waals surface area contributed by atoms with Gasteiger partial charge in [0.05, 0.1) is 24.9 Å². The third-order valence-electron chi connectivity index (χ3n) is 4.74. The van der Waals surface area contributed by atoms with Crippen LogP contribution >= 0.6 is 0 Å². The van der Waals surface area contributed by atoms with Crippen LogP contribution < -0.4 is 0 Å². The van der Waals surface area contributed by atoms with Crippen molar-refractivity contribution < 1.29 is 9.47 Å². The number of benzene rings is 1. The Balaban J connectivity index is 1.63. The smallest absolute Gasteiger partial charge is 0.0941 e. The first-order chi connectivity index (χ1) is 9.17. The molecule has 0 aromatic heterocycles. The second kappa shape index (κ2) is 5.26. The summed E-state index contributed by atoms with van der Waals surface area (Å²) in [5.74, 6) is 1.35. The van der Waals surface area contributed by atoms with Gasteiger partial charge < -0.3 is 9.47 Å². The Morgan fingerprint density at radius 3 is 2.68 bits per heavy atom. The molecule has 1 saturated carbocycles. The molecule has 0 unspecified atom stereocenters. The third-order valence-corrected chi connectivity index (χ3v) is 4.74. The topological polar surface area (TPSA) is 21.8 Å². The predicted molar refractivity (Wildman–Crippen MR) is 75.9 cm³/mol. The van der Waals surface area contributed by atoms with Gasteiger partial charge in [0.2, 0.25) is 0 Å². The average molecular weight is 260 g/mol. The lowest BCUT2D eigenvalue weighted by molar-refractivity contribution is -0.0556. The first kappa shape index (κ1) is 13.1. The van der Waals surface area contributed by atoms with Crippen molar-refractivity contribution in [3.8, 4) is 0 Å². The maximum atomic E-state index is 6.24. The number of rotatable bonds is 4. The minimum Gasteiger partial charge on any atom is -0.373 e. The highest BCUT2D eigenvalue weighted by Gasteiger charge is 2.51. The van der Waals surface area contributed by atoms with Gasteiger partial charge in [0.1, 0.15) is 0 Å². The standard InChI is InChI=1S/C17H24O2/c1-13-8-9-15(17(2)12-19-17)16(10-13)18-11-14-6-4-3-5-7-14/h3-7,13,15-16H,8-12H2,1-2H3/t13-,15-,16-,17-/m1/s1. The normalized spacial score (nSPS) is 38.1. The van der Waals surface area contributed by atoms with Gasteiger partial charge >= 0.3 is 0 Å². The van der Waals surface area contributed by atoms with Crippen LogP contribution in [0.25, 0.3) is 0 Å². The Bertz CT molecular complexity index is 411. The van der Waals surface area contributed by atoms with Crippen molar-refractivity contribution in [2.75, 3.05) is 6.61 Å².